The molecule has 1 aromatic heterocycles. The predicted molar refractivity (Wildman–Crippen MR) is 86.8 cm³/mol. The lowest BCUT2D eigenvalue weighted by Crippen LogP contribution is -2.32. The van der Waals surface area contributed by atoms with Gasteiger partial charge in [-0.3, -0.25) is 9.89 Å². The first kappa shape index (κ1) is 14.4. The summed E-state index contributed by atoms with van der Waals surface area (Å²) in [4.78, 5) is 19.2. The molecule has 1 saturated heterocycles. The van der Waals surface area contributed by atoms with E-state index in [2.05, 4.69) is 39.4 Å². The molecule has 2 heterocycles. The third-order valence-electron chi connectivity index (χ3n) is 5.08. The van der Waals surface area contributed by atoms with Gasteiger partial charge in [-0.05, 0) is 49.7 Å². The van der Waals surface area contributed by atoms with Crippen molar-refractivity contribution >= 4 is 5.91 Å². The van der Waals surface area contributed by atoms with E-state index in [1.54, 1.807) is 0 Å². The number of nitrogens with one attached hydrogen (secondary N) is 1. The topological polar surface area (TPSA) is 61.9 Å². The maximum atomic E-state index is 12.8. The van der Waals surface area contributed by atoms with Gasteiger partial charge in [0.2, 0.25) is 5.91 Å². The van der Waals surface area contributed by atoms with Crippen molar-refractivity contribution in [3.05, 3.63) is 47.0 Å². The lowest BCUT2D eigenvalue weighted by Gasteiger charge is -2.24. The molecular formula is C18H22N4O. The number of likely N-dealkylation sites (tertiary alicyclic amines) is 1. The molecule has 5 nitrogen and oxygen atoms in total. The van der Waals surface area contributed by atoms with Gasteiger partial charge in [0.15, 0.2) is 5.82 Å². The maximum Gasteiger partial charge on any atom is 0.223 e. The third-order valence-corrected chi connectivity index (χ3v) is 5.08. The Balaban J connectivity index is 1.43. The van der Waals surface area contributed by atoms with Gasteiger partial charge >= 0.3 is 0 Å². The zero-order valence-corrected chi connectivity index (χ0v) is 13.5. The van der Waals surface area contributed by atoms with E-state index in [1.165, 1.54) is 11.1 Å². The average molecular weight is 310 g/mol. The molecule has 4 rings (SSSR count). The molecular weight excluding hydrogens is 288 g/mol. The lowest BCUT2D eigenvalue weighted by molar-refractivity contribution is -0.133. The van der Waals surface area contributed by atoms with Crippen LogP contribution in [0.4, 0.5) is 0 Å². The van der Waals surface area contributed by atoms with Crippen molar-refractivity contribution in [2.75, 3.05) is 6.54 Å². The highest BCUT2D eigenvalue weighted by Gasteiger charge is 2.34. The molecule has 1 amide bonds. The van der Waals surface area contributed by atoms with Crippen LogP contribution >= 0.6 is 0 Å². The summed E-state index contributed by atoms with van der Waals surface area (Å²) < 4.78 is 0. The van der Waals surface area contributed by atoms with Crippen LogP contribution in [-0.4, -0.2) is 32.5 Å². The van der Waals surface area contributed by atoms with Gasteiger partial charge in [0.05, 0.1) is 6.04 Å². The van der Waals surface area contributed by atoms with E-state index in [0.29, 0.717) is 12.3 Å². The van der Waals surface area contributed by atoms with Crippen LogP contribution in [0.5, 0.6) is 0 Å². The number of nitrogens with zero attached hydrogens (tertiary/aromatic N) is 3. The molecule has 0 unspecified atom stereocenters. The summed E-state index contributed by atoms with van der Waals surface area (Å²) in [6.45, 7) is 2.73. The molecule has 0 radical (unpaired) electrons. The van der Waals surface area contributed by atoms with Crippen LogP contribution in [0.15, 0.2) is 24.3 Å². The molecule has 1 atom stereocenters. The predicted octanol–water partition coefficient (Wildman–Crippen LogP) is 2.58. The fourth-order valence-corrected chi connectivity index (χ4v) is 4.00. The van der Waals surface area contributed by atoms with Crippen molar-refractivity contribution in [2.24, 2.45) is 5.92 Å². The van der Waals surface area contributed by atoms with Gasteiger partial charge in [-0.1, -0.05) is 24.3 Å². The molecule has 0 saturated carbocycles. The summed E-state index contributed by atoms with van der Waals surface area (Å²) >= 11 is 0. The van der Waals surface area contributed by atoms with E-state index >= 15 is 0 Å². The summed E-state index contributed by atoms with van der Waals surface area (Å²) in [5, 5.41) is 7.16. The Morgan fingerprint density at radius 1 is 1.30 bits per heavy atom. The number of hydrogen-bond acceptors (Lipinski definition) is 3. The van der Waals surface area contributed by atoms with E-state index in [9.17, 15) is 4.79 Å². The van der Waals surface area contributed by atoms with Gasteiger partial charge in [0.1, 0.15) is 5.82 Å². The van der Waals surface area contributed by atoms with Gasteiger partial charge in [0, 0.05) is 13.0 Å². The number of carbonyl (C=O) groups is 1. The Bertz CT molecular complexity index is 698. The van der Waals surface area contributed by atoms with Crippen LogP contribution in [0.25, 0.3) is 0 Å². The summed E-state index contributed by atoms with van der Waals surface area (Å²) in [6, 6.07) is 8.61. The van der Waals surface area contributed by atoms with Crippen LogP contribution in [0, 0.1) is 12.8 Å². The largest absolute Gasteiger partial charge is 0.332 e. The molecule has 5 heteroatoms. The second kappa shape index (κ2) is 5.80. The lowest BCUT2D eigenvalue weighted by atomic mass is 10.0. The van der Waals surface area contributed by atoms with Crippen LogP contribution < -0.4 is 0 Å². The molecule has 1 aliphatic carbocycles. The molecule has 1 N–H and O–H groups in total. The number of aromatic amines is 1. The molecule has 0 spiro atoms. The van der Waals surface area contributed by atoms with Crippen molar-refractivity contribution < 1.29 is 4.79 Å². The number of fused-ring (bicyclic) bond motifs is 1. The monoisotopic (exact) mass is 310 g/mol. The van der Waals surface area contributed by atoms with Crippen molar-refractivity contribution in [2.45, 2.75) is 45.1 Å². The molecule has 2 aromatic rings. The minimum atomic E-state index is 0.0521. The number of hydrogen-bond donors (Lipinski definition) is 1. The van der Waals surface area contributed by atoms with Crippen molar-refractivity contribution in [3.63, 3.8) is 0 Å². The fraction of sp³-hybridized carbons (Fsp3) is 0.500. The van der Waals surface area contributed by atoms with Gasteiger partial charge in [-0.2, -0.15) is 5.10 Å². The zero-order valence-electron chi connectivity index (χ0n) is 13.5. The van der Waals surface area contributed by atoms with Crippen LogP contribution in [0.3, 0.4) is 0 Å². The molecule has 1 aromatic carbocycles. The summed E-state index contributed by atoms with van der Waals surface area (Å²) in [5.74, 6) is 2.27. The molecule has 0 bridgehead atoms. The molecule has 23 heavy (non-hydrogen) atoms. The number of aryl methyl sites for hydroxylation is 1. The van der Waals surface area contributed by atoms with E-state index in [4.69, 9.17) is 0 Å². The van der Waals surface area contributed by atoms with Gasteiger partial charge < -0.3 is 4.90 Å². The summed E-state index contributed by atoms with van der Waals surface area (Å²) in [6.07, 6.45) is 4.69. The van der Waals surface area contributed by atoms with Crippen molar-refractivity contribution in [1.82, 2.24) is 20.1 Å². The minimum absolute atomic E-state index is 0.0521. The average Bonchev–Trinajstić information content (AvgIpc) is 3.24. The number of aromatic nitrogens is 3. The number of benzene rings is 1. The quantitative estimate of drug-likeness (QED) is 0.948. The van der Waals surface area contributed by atoms with Crippen LogP contribution in [0.1, 0.15) is 48.1 Å². The zero-order chi connectivity index (χ0) is 15.8. The van der Waals surface area contributed by atoms with Gasteiger partial charge in [-0.15, -0.1) is 0 Å². The van der Waals surface area contributed by atoms with Gasteiger partial charge in [0.25, 0.3) is 0 Å². The summed E-state index contributed by atoms with van der Waals surface area (Å²) in [5.41, 5.74) is 2.82. The Morgan fingerprint density at radius 2 is 2.04 bits per heavy atom. The molecule has 1 aliphatic heterocycles. The highest BCUT2D eigenvalue weighted by Crippen LogP contribution is 2.33. The fourth-order valence-electron chi connectivity index (χ4n) is 4.00. The Kier molecular flexibility index (Phi) is 3.63. The number of amides is 1. The Hall–Kier alpha value is -2.17. The number of rotatable bonds is 3. The van der Waals surface area contributed by atoms with Crippen LogP contribution in [0.2, 0.25) is 0 Å². The van der Waals surface area contributed by atoms with Crippen LogP contribution in [-0.2, 0) is 17.6 Å². The van der Waals surface area contributed by atoms with E-state index < -0.39 is 0 Å². The molecule has 1 fully saturated rings. The van der Waals surface area contributed by atoms with E-state index in [1.807, 2.05) is 11.8 Å². The standard InChI is InChI=1S/C18H22N4O/c1-12-19-18(21-20-12)16-7-4-8-22(16)17(23)11-13-9-14-5-2-3-6-15(14)10-13/h2-3,5-6,13,16H,4,7-11H2,1H3,(H,19,20,21)/t16-/m0/s1. The highest BCUT2D eigenvalue weighted by atomic mass is 16.2. The Labute approximate surface area is 136 Å². The minimum Gasteiger partial charge on any atom is -0.332 e. The first-order valence-electron chi connectivity index (χ1n) is 8.46. The smallest absolute Gasteiger partial charge is 0.223 e. The van der Waals surface area contributed by atoms with Crippen molar-refractivity contribution in [1.29, 1.82) is 0 Å². The van der Waals surface area contributed by atoms with E-state index in [0.717, 1.165) is 43.9 Å². The van der Waals surface area contributed by atoms with Gasteiger partial charge in [-0.25, -0.2) is 4.98 Å². The summed E-state index contributed by atoms with van der Waals surface area (Å²) in [7, 11) is 0. The second-order valence-electron chi connectivity index (χ2n) is 6.77. The number of carbonyl (C=O) groups excluding carboxylic acids is 1. The SMILES string of the molecule is Cc1nc([C@@H]2CCCN2C(=O)CC2Cc3ccccc3C2)n[nH]1. The number of H-pyrrole nitrogens is 1. The first-order chi connectivity index (χ1) is 11.2. The van der Waals surface area contributed by atoms with E-state index in [-0.39, 0.29) is 11.9 Å². The molecule has 120 valence electrons. The second-order valence-corrected chi connectivity index (χ2v) is 6.77. The Morgan fingerprint density at radius 3 is 2.70 bits per heavy atom. The third kappa shape index (κ3) is 2.76. The first-order valence-corrected chi connectivity index (χ1v) is 8.46. The van der Waals surface area contributed by atoms with Crippen molar-refractivity contribution in [3.8, 4) is 0 Å². The maximum absolute atomic E-state index is 12.8. The molecule has 2 aliphatic rings. The highest BCUT2D eigenvalue weighted by molar-refractivity contribution is 5.77. The normalized spacial score (nSPS) is 20.9.